The molecule has 24 heavy (non-hydrogen) atoms. The van der Waals surface area contributed by atoms with Gasteiger partial charge in [0.2, 0.25) is 5.88 Å². The topological polar surface area (TPSA) is 72.8 Å². The van der Waals surface area contributed by atoms with Crippen LogP contribution in [0.1, 0.15) is 11.4 Å². The first kappa shape index (κ1) is 16.1. The van der Waals surface area contributed by atoms with Gasteiger partial charge in [-0.2, -0.15) is 10.1 Å². The highest BCUT2D eigenvalue weighted by Gasteiger charge is 2.16. The van der Waals surface area contributed by atoms with Crippen molar-refractivity contribution in [3.05, 3.63) is 69.0 Å². The van der Waals surface area contributed by atoms with Crippen molar-refractivity contribution < 1.29 is 13.5 Å². The first-order chi connectivity index (χ1) is 11.5. The molecule has 2 heterocycles. The summed E-state index contributed by atoms with van der Waals surface area (Å²) in [6.45, 7) is 1.35. The van der Waals surface area contributed by atoms with Crippen LogP contribution >= 0.6 is 11.6 Å². The summed E-state index contributed by atoms with van der Waals surface area (Å²) < 4.78 is 33.1. The van der Waals surface area contributed by atoms with E-state index >= 15 is 0 Å². The van der Waals surface area contributed by atoms with Crippen LogP contribution in [-0.2, 0) is 6.61 Å². The van der Waals surface area contributed by atoms with Crippen molar-refractivity contribution in [2.45, 2.75) is 13.5 Å². The van der Waals surface area contributed by atoms with Gasteiger partial charge in [0.25, 0.3) is 5.56 Å². The minimum atomic E-state index is -0.755. The summed E-state index contributed by atoms with van der Waals surface area (Å²) in [5.74, 6) is -1.25. The molecule has 0 fully saturated rings. The highest BCUT2D eigenvalue weighted by Crippen LogP contribution is 2.21. The van der Waals surface area contributed by atoms with Gasteiger partial charge in [0.05, 0.1) is 11.9 Å². The summed E-state index contributed by atoms with van der Waals surface area (Å²) in [6, 6.07) is 3.10. The predicted octanol–water partition coefficient (Wildman–Crippen LogP) is 2.77. The zero-order chi connectivity index (χ0) is 17.3. The van der Waals surface area contributed by atoms with Crippen molar-refractivity contribution in [3.63, 3.8) is 0 Å². The minimum absolute atomic E-state index is 0.117. The Bertz CT molecular complexity index is 941. The molecule has 0 saturated carbocycles. The second-order valence-corrected chi connectivity index (χ2v) is 5.28. The number of ether oxygens (including phenoxy) is 1. The summed E-state index contributed by atoms with van der Waals surface area (Å²) >= 11 is 6.01. The summed E-state index contributed by atoms with van der Waals surface area (Å²) in [7, 11) is 0. The Labute approximate surface area is 139 Å². The Hall–Kier alpha value is -2.74. The zero-order valence-corrected chi connectivity index (χ0v) is 13.1. The predicted molar refractivity (Wildman–Crippen MR) is 82.4 cm³/mol. The monoisotopic (exact) mass is 352 g/mol. The lowest BCUT2D eigenvalue weighted by molar-refractivity contribution is 0.285. The Kier molecular flexibility index (Phi) is 4.30. The number of halogens is 3. The molecule has 3 aromatic rings. The smallest absolute Gasteiger partial charge is 0.280 e. The second kappa shape index (κ2) is 6.40. The molecule has 1 N–H and O–H groups in total. The zero-order valence-electron chi connectivity index (χ0n) is 12.4. The Morgan fingerprint density at radius 3 is 2.83 bits per heavy atom. The van der Waals surface area contributed by atoms with Gasteiger partial charge in [-0.3, -0.25) is 14.5 Å². The fraction of sp³-hybridized carbons (Fsp3) is 0.133. The summed E-state index contributed by atoms with van der Waals surface area (Å²) in [5.41, 5.74) is 0.0501. The molecule has 9 heteroatoms. The van der Waals surface area contributed by atoms with Crippen LogP contribution in [0.3, 0.4) is 0 Å². The lowest BCUT2D eigenvalue weighted by atomic mass is 10.2. The molecule has 0 amide bonds. The third-order valence-electron chi connectivity index (χ3n) is 3.29. The molecule has 0 aliphatic rings. The van der Waals surface area contributed by atoms with Crippen molar-refractivity contribution >= 4 is 11.6 Å². The van der Waals surface area contributed by atoms with Gasteiger partial charge in [-0.15, -0.1) is 0 Å². The molecule has 0 radical (unpaired) electrons. The standard InChI is InChI=1S/C15H11ClF2N4O2/c1-8-21-14(24-7-9-2-3-10(17)4-12(9)18)13(16)15(23)22(8)11-5-19-20-6-11/h2-6H,7H2,1H3,(H,19,20). The number of hydrogen-bond donors (Lipinski definition) is 1. The van der Waals surface area contributed by atoms with Crippen LogP contribution < -0.4 is 10.3 Å². The first-order valence-electron chi connectivity index (χ1n) is 6.82. The Morgan fingerprint density at radius 1 is 1.38 bits per heavy atom. The molecule has 0 aliphatic heterocycles. The van der Waals surface area contributed by atoms with Gasteiger partial charge in [-0.1, -0.05) is 11.6 Å². The summed E-state index contributed by atoms with van der Waals surface area (Å²) in [5, 5.41) is 6.11. The number of aromatic nitrogens is 4. The van der Waals surface area contributed by atoms with Crippen LogP contribution in [0.15, 0.2) is 35.4 Å². The molecule has 0 spiro atoms. The van der Waals surface area contributed by atoms with E-state index in [1.807, 2.05) is 0 Å². The molecular weight excluding hydrogens is 342 g/mol. The fourth-order valence-corrected chi connectivity index (χ4v) is 2.31. The minimum Gasteiger partial charge on any atom is -0.471 e. The van der Waals surface area contributed by atoms with E-state index in [1.54, 1.807) is 6.92 Å². The van der Waals surface area contributed by atoms with Gasteiger partial charge < -0.3 is 4.74 Å². The lowest BCUT2D eigenvalue weighted by Gasteiger charge is -2.12. The van der Waals surface area contributed by atoms with E-state index in [0.717, 1.165) is 12.1 Å². The highest BCUT2D eigenvalue weighted by atomic mass is 35.5. The number of aromatic amines is 1. The van der Waals surface area contributed by atoms with E-state index in [4.69, 9.17) is 16.3 Å². The number of hydrogen-bond acceptors (Lipinski definition) is 4. The van der Waals surface area contributed by atoms with E-state index in [2.05, 4.69) is 15.2 Å². The molecule has 6 nitrogen and oxygen atoms in total. The molecule has 0 unspecified atom stereocenters. The highest BCUT2D eigenvalue weighted by molar-refractivity contribution is 6.31. The first-order valence-corrected chi connectivity index (χ1v) is 7.20. The van der Waals surface area contributed by atoms with Gasteiger partial charge in [-0.05, 0) is 19.1 Å². The average Bonchev–Trinajstić information content (AvgIpc) is 3.05. The molecule has 1 aromatic carbocycles. The van der Waals surface area contributed by atoms with Crippen LogP contribution in [0.4, 0.5) is 8.78 Å². The molecule has 2 aromatic heterocycles. The number of rotatable bonds is 4. The number of aryl methyl sites for hydroxylation is 1. The van der Waals surface area contributed by atoms with Crippen molar-refractivity contribution in [2.75, 3.05) is 0 Å². The van der Waals surface area contributed by atoms with Crippen molar-refractivity contribution in [1.82, 2.24) is 19.7 Å². The van der Waals surface area contributed by atoms with E-state index in [9.17, 15) is 13.6 Å². The third kappa shape index (κ3) is 3.00. The van der Waals surface area contributed by atoms with Crippen molar-refractivity contribution in [3.8, 4) is 11.6 Å². The van der Waals surface area contributed by atoms with Gasteiger partial charge >= 0.3 is 0 Å². The van der Waals surface area contributed by atoms with Gasteiger partial charge in [0, 0.05) is 17.8 Å². The molecule has 0 bridgehead atoms. The molecule has 124 valence electrons. The third-order valence-corrected chi connectivity index (χ3v) is 3.61. The van der Waals surface area contributed by atoms with E-state index < -0.39 is 17.2 Å². The van der Waals surface area contributed by atoms with E-state index in [0.29, 0.717) is 11.5 Å². The largest absolute Gasteiger partial charge is 0.471 e. The molecule has 3 rings (SSSR count). The number of nitrogens with one attached hydrogen (secondary N) is 1. The number of H-pyrrole nitrogens is 1. The van der Waals surface area contributed by atoms with E-state index in [-0.39, 0.29) is 23.1 Å². The fourth-order valence-electron chi connectivity index (χ4n) is 2.13. The van der Waals surface area contributed by atoms with Crippen LogP contribution in [0, 0.1) is 18.6 Å². The molecular formula is C15H11ClF2N4O2. The maximum atomic E-state index is 13.6. The molecule has 0 aliphatic carbocycles. The lowest BCUT2D eigenvalue weighted by Crippen LogP contribution is -2.23. The van der Waals surface area contributed by atoms with Crippen LogP contribution in [-0.4, -0.2) is 19.7 Å². The maximum Gasteiger partial charge on any atom is 0.280 e. The maximum absolute atomic E-state index is 13.6. The second-order valence-electron chi connectivity index (χ2n) is 4.90. The van der Waals surface area contributed by atoms with Crippen molar-refractivity contribution in [1.29, 1.82) is 0 Å². The number of benzene rings is 1. The SMILES string of the molecule is Cc1nc(OCc2ccc(F)cc2F)c(Cl)c(=O)n1-c1cn[nH]c1. The summed E-state index contributed by atoms with van der Waals surface area (Å²) in [4.78, 5) is 16.5. The van der Waals surface area contributed by atoms with E-state index in [1.165, 1.54) is 23.0 Å². The molecule has 0 atom stereocenters. The Balaban J connectivity index is 1.91. The van der Waals surface area contributed by atoms with Crippen LogP contribution in [0.25, 0.3) is 5.69 Å². The van der Waals surface area contributed by atoms with Gasteiger partial charge in [0.15, 0.2) is 5.02 Å². The summed E-state index contributed by atoms with van der Waals surface area (Å²) in [6.07, 6.45) is 2.96. The number of nitrogens with zero attached hydrogens (tertiary/aromatic N) is 3. The van der Waals surface area contributed by atoms with Gasteiger partial charge in [0.1, 0.15) is 24.1 Å². The van der Waals surface area contributed by atoms with Crippen LogP contribution in [0.2, 0.25) is 5.02 Å². The normalized spacial score (nSPS) is 10.8. The molecule has 0 saturated heterocycles. The average molecular weight is 353 g/mol. The quantitative estimate of drug-likeness (QED) is 0.783. The van der Waals surface area contributed by atoms with Crippen molar-refractivity contribution in [2.24, 2.45) is 0 Å². The van der Waals surface area contributed by atoms with Gasteiger partial charge in [-0.25, -0.2) is 8.78 Å². The van der Waals surface area contributed by atoms with Crippen LogP contribution in [0.5, 0.6) is 5.88 Å². The Morgan fingerprint density at radius 2 is 2.17 bits per heavy atom.